The number of fused-ring (bicyclic) bond motifs is 3. The van der Waals surface area contributed by atoms with Gasteiger partial charge >= 0.3 is 0 Å². The smallest absolute Gasteiger partial charge is 0.291 e. The summed E-state index contributed by atoms with van der Waals surface area (Å²) in [4.78, 5) is 24.6. The Morgan fingerprint density at radius 1 is 1.29 bits per heavy atom. The molecule has 0 spiro atoms. The van der Waals surface area contributed by atoms with Crippen molar-refractivity contribution >= 4 is 22.3 Å². The molecule has 0 unspecified atom stereocenters. The highest BCUT2D eigenvalue weighted by Gasteiger charge is 2.14. The van der Waals surface area contributed by atoms with Crippen LogP contribution < -0.4 is 15.6 Å². The van der Waals surface area contributed by atoms with Crippen molar-refractivity contribution in [3.05, 3.63) is 40.4 Å². The van der Waals surface area contributed by atoms with E-state index in [1.807, 2.05) is 32.0 Å². The number of rotatable bonds is 5. The second-order valence-corrected chi connectivity index (χ2v) is 5.65. The van der Waals surface area contributed by atoms with Crippen LogP contribution in [0, 0.1) is 6.92 Å². The second-order valence-electron chi connectivity index (χ2n) is 5.65. The van der Waals surface area contributed by atoms with Gasteiger partial charge in [-0.2, -0.15) is 5.10 Å². The van der Waals surface area contributed by atoms with Gasteiger partial charge in [-0.3, -0.25) is 14.0 Å². The SMILES string of the molecule is CCCNC(=O)Cn1nc(C)n2c(cc3cc(OC)ccc32)c1=O. The Morgan fingerprint density at radius 3 is 2.79 bits per heavy atom. The molecule has 0 aliphatic rings. The molecule has 0 aliphatic carbocycles. The number of carbonyl (C=O) groups is 1. The molecular weight excluding hydrogens is 308 g/mol. The number of aromatic nitrogens is 3. The van der Waals surface area contributed by atoms with Crippen LogP contribution in [0.5, 0.6) is 5.75 Å². The Balaban J connectivity index is 2.11. The molecule has 24 heavy (non-hydrogen) atoms. The lowest BCUT2D eigenvalue weighted by Gasteiger charge is -2.09. The summed E-state index contributed by atoms with van der Waals surface area (Å²) >= 11 is 0. The van der Waals surface area contributed by atoms with Crippen molar-refractivity contribution in [1.29, 1.82) is 0 Å². The molecule has 0 aliphatic heterocycles. The average Bonchev–Trinajstić information content (AvgIpc) is 2.96. The van der Waals surface area contributed by atoms with Gasteiger partial charge in [-0.1, -0.05) is 6.92 Å². The van der Waals surface area contributed by atoms with Gasteiger partial charge in [0.05, 0.1) is 12.6 Å². The van der Waals surface area contributed by atoms with Crippen LogP contribution in [0.25, 0.3) is 16.4 Å². The van der Waals surface area contributed by atoms with Gasteiger partial charge in [0, 0.05) is 11.9 Å². The Morgan fingerprint density at radius 2 is 2.08 bits per heavy atom. The van der Waals surface area contributed by atoms with Crippen molar-refractivity contribution in [2.24, 2.45) is 0 Å². The summed E-state index contributed by atoms with van der Waals surface area (Å²) in [5.74, 6) is 1.16. The molecule has 3 rings (SSSR count). The van der Waals surface area contributed by atoms with E-state index in [1.165, 1.54) is 4.68 Å². The van der Waals surface area contributed by atoms with E-state index in [1.54, 1.807) is 17.6 Å². The van der Waals surface area contributed by atoms with Crippen LogP contribution in [0.2, 0.25) is 0 Å². The quantitative estimate of drug-likeness (QED) is 0.770. The minimum atomic E-state index is -0.289. The lowest BCUT2D eigenvalue weighted by atomic mass is 10.2. The Bertz CT molecular complexity index is 971. The number of aryl methyl sites for hydroxylation is 1. The van der Waals surface area contributed by atoms with Gasteiger partial charge in [0.25, 0.3) is 5.56 Å². The van der Waals surface area contributed by atoms with Gasteiger partial charge in [-0.05, 0) is 37.6 Å². The highest BCUT2D eigenvalue weighted by molar-refractivity contribution is 5.88. The van der Waals surface area contributed by atoms with Crippen LogP contribution in [0.1, 0.15) is 19.2 Å². The third kappa shape index (κ3) is 2.73. The predicted octanol–water partition coefficient (Wildman–Crippen LogP) is 1.49. The zero-order valence-corrected chi connectivity index (χ0v) is 14.0. The second kappa shape index (κ2) is 6.35. The first-order valence-electron chi connectivity index (χ1n) is 7.88. The molecule has 0 saturated heterocycles. The van der Waals surface area contributed by atoms with Crippen LogP contribution in [0.15, 0.2) is 29.1 Å². The maximum atomic E-state index is 12.7. The average molecular weight is 328 g/mol. The first kappa shape index (κ1) is 16.0. The highest BCUT2D eigenvalue weighted by Crippen LogP contribution is 2.23. The van der Waals surface area contributed by atoms with Crippen molar-refractivity contribution in [2.45, 2.75) is 26.8 Å². The molecule has 1 aromatic carbocycles. The molecule has 0 fully saturated rings. The van der Waals surface area contributed by atoms with E-state index in [0.29, 0.717) is 17.9 Å². The van der Waals surface area contributed by atoms with E-state index in [4.69, 9.17) is 4.74 Å². The zero-order valence-electron chi connectivity index (χ0n) is 14.0. The minimum Gasteiger partial charge on any atom is -0.497 e. The van der Waals surface area contributed by atoms with E-state index in [-0.39, 0.29) is 18.0 Å². The molecule has 2 heterocycles. The standard InChI is InChI=1S/C17H20N4O3/c1-4-7-18-16(22)10-20-17(23)15-9-12-8-13(24-3)5-6-14(12)21(15)11(2)19-20/h5-6,8-9H,4,7,10H2,1-3H3,(H,18,22). The van der Waals surface area contributed by atoms with Crippen LogP contribution >= 0.6 is 0 Å². The number of nitrogens with zero attached hydrogens (tertiary/aromatic N) is 3. The number of ether oxygens (including phenoxy) is 1. The number of hydrogen-bond acceptors (Lipinski definition) is 4. The Kier molecular flexibility index (Phi) is 4.24. The van der Waals surface area contributed by atoms with Crippen molar-refractivity contribution in [3.63, 3.8) is 0 Å². The summed E-state index contributed by atoms with van der Waals surface area (Å²) in [7, 11) is 1.60. The van der Waals surface area contributed by atoms with Crippen molar-refractivity contribution in [2.75, 3.05) is 13.7 Å². The molecule has 0 saturated carbocycles. The Labute approximate surface area is 138 Å². The lowest BCUT2D eigenvalue weighted by molar-refractivity contribution is -0.121. The molecule has 126 valence electrons. The van der Waals surface area contributed by atoms with Gasteiger partial charge < -0.3 is 10.1 Å². The molecule has 0 radical (unpaired) electrons. The van der Waals surface area contributed by atoms with E-state index < -0.39 is 0 Å². The van der Waals surface area contributed by atoms with Gasteiger partial charge in [-0.15, -0.1) is 0 Å². The molecule has 0 bridgehead atoms. The van der Waals surface area contributed by atoms with Crippen molar-refractivity contribution in [1.82, 2.24) is 19.5 Å². The largest absolute Gasteiger partial charge is 0.497 e. The molecule has 7 heteroatoms. The summed E-state index contributed by atoms with van der Waals surface area (Å²) in [6.45, 7) is 4.29. The molecular formula is C17H20N4O3. The summed E-state index contributed by atoms with van der Waals surface area (Å²) in [5, 5.41) is 7.94. The monoisotopic (exact) mass is 328 g/mol. The molecule has 1 N–H and O–H groups in total. The van der Waals surface area contributed by atoms with E-state index in [9.17, 15) is 9.59 Å². The zero-order chi connectivity index (χ0) is 17.3. The first-order chi connectivity index (χ1) is 11.5. The summed E-state index contributed by atoms with van der Waals surface area (Å²) in [6, 6.07) is 7.42. The third-order valence-corrected chi connectivity index (χ3v) is 3.92. The molecule has 3 aromatic rings. The van der Waals surface area contributed by atoms with E-state index >= 15 is 0 Å². The van der Waals surface area contributed by atoms with Crippen molar-refractivity contribution < 1.29 is 9.53 Å². The van der Waals surface area contributed by atoms with Crippen molar-refractivity contribution in [3.8, 4) is 5.75 Å². The topological polar surface area (TPSA) is 77.6 Å². The summed E-state index contributed by atoms with van der Waals surface area (Å²) in [6.07, 6.45) is 0.845. The minimum absolute atomic E-state index is 0.0823. The first-order valence-corrected chi connectivity index (χ1v) is 7.88. The summed E-state index contributed by atoms with van der Waals surface area (Å²) in [5.41, 5.74) is 1.09. The molecule has 2 aromatic heterocycles. The van der Waals surface area contributed by atoms with Gasteiger partial charge in [0.2, 0.25) is 5.91 Å². The molecule has 7 nitrogen and oxygen atoms in total. The Hall–Kier alpha value is -2.83. The lowest BCUT2D eigenvalue weighted by Crippen LogP contribution is -2.35. The fraction of sp³-hybridized carbons (Fsp3) is 0.353. The maximum absolute atomic E-state index is 12.7. The normalized spacial score (nSPS) is 11.1. The predicted molar refractivity (Wildman–Crippen MR) is 91.5 cm³/mol. The van der Waals surface area contributed by atoms with E-state index in [2.05, 4.69) is 10.4 Å². The third-order valence-electron chi connectivity index (χ3n) is 3.92. The van der Waals surface area contributed by atoms with E-state index in [0.717, 1.165) is 23.1 Å². The maximum Gasteiger partial charge on any atom is 0.291 e. The number of nitrogens with one attached hydrogen (secondary N) is 1. The fourth-order valence-electron chi connectivity index (χ4n) is 2.79. The number of amides is 1. The fourth-order valence-corrected chi connectivity index (χ4v) is 2.79. The van der Waals surface area contributed by atoms with Crippen LogP contribution in [0.4, 0.5) is 0 Å². The number of methoxy groups -OCH3 is 1. The van der Waals surface area contributed by atoms with Crippen LogP contribution in [-0.2, 0) is 11.3 Å². The number of carbonyl (C=O) groups excluding carboxylic acids is 1. The number of hydrogen-bond donors (Lipinski definition) is 1. The highest BCUT2D eigenvalue weighted by atomic mass is 16.5. The van der Waals surface area contributed by atoms with Gasteiger partial charge in [0.1, 0.15) is 23.6 Å². The van der Waals surface area contributed by atoms with Gasteiger partial charge in [-0.25, -0.2) is 4.68 Å². The molecule has 0 atom stereocenters. The number of benzene rings is 1. The van der Waals surface area contributed by atoms with Crippen LogP contribution in [-0.4, -0.2) is 33.7 Å². The van der Waals surface area contributed by atoms with Gasteiger partial charge in [0.15, 0.2) is 0 Å². The van der Waals surface area contributed by atoms with Crippen LogP contribution in [0.3, 0.4) is 0 Å². The molecule has 1 amide bonds. The summed E-state index contributed by atoms with van der Waals surface area (Å²) < 4.78 is 8.25.